The molecule has 0 unspecified atom stereocenters. The van der Waals surface area contributed by atoms with Crippen molar-refractivity contribution >= 4 is 5.91 Å². The highest BCUT2D eigenvalue weighted by Gasteiger charge is 2.30. The van der Waals surface area contributed by atoms with Crippen LogP contribution in [0.1, 0.15) is 43.2 Å². The molecule has 0 saturated carbocycles. The summed E-state index contributed by atoms with van der Waals surface area (Å²) in [5, 5.41) is 4.37. The summed E-state index contributed by atoms with van der Waals surface area (Å²) in [5.41, 5.74) is 2.25. The minimum atomic E-state index is 0.136. The molecule has 0 aliphatic carbocycles. The number of para-hydroxylation sites is 1. The fourth-order valence-corrected chi connectivity index (χ4v) is 3.70. The van der Waals surface area contributed by atoms with E-state index in [-0.39, 0.29) is 17.9 Å². The quantitative estimate of drug-likeness (QED) is 0.809. The van der Waals surface area contributed by atoms with Gasteiger partial charge in [-0.05, 0) is 42.9 Å². The van der Waals surface area contributed by atoms with Crippen molar-refractivity contribution in [3.05, 3.63) is 47.8 Å². The number of rotatable bonds is 6. The van der Waals surface area contributed by atoms with Crippen LogP contribution in [0.2, 0.25) is 0 Å². The smallest absolute Gasteiger partial charge is 0.223 e. The molecule has 0 N–H and O–H groups in total. The molecule has 1 amide bonds. The van der Waals surface area contributed by atoms with E-state index in [2.05, 4.69) is 12.0 Å². The van der Waals surface area contributed by atoms with E-state index in [0.717, 1.165) is 42.8 Å². The van der Waals surface area contributed by atoms with Crippen molar-refractivity contribution in [3.8, 4) is 5.75 Å². The van der Waals surface area contributed by atoms with Crippen molar-refractivity contribution in [2.24, 2.45) is 0 Å². The van der Waals surface area contributed by atoms with Crippen molar-refractivity contribution in [1.29, 1.82) is 0 Å². The number of nitrogens with zero attached hydrogens (tertiary/aromatic N) is 3. The predicted molar refractivity (Wildman–Crippen MR) is 97.7 cm³/mol. The molecule has 1 aliphatic rings. The summed E-state index contributed by atoms with van der Waals surface area (Å²) in [6, 6.07) is 8.20. The Balaban J connectivity index is 1.65. The first kappa shape index (κ1) is 17.5. The molecule has 0 spiro atoms. The highest BCUT2D eigenvalue weighted by molar-refractivity contribution is 5.78. The Hall–Kier alpha value is -2.30. The monoisotopic (exact) mass is 341 g/mol. The number of carbonyl (C=O) groups excluding carboxylic acids is 1. The van der Waals surface area contributed by atoms with Crippen molar-refractivity contribution in [1.82, 2.24) is 14.7 Å². The summed E-state index contributed by atoms with van der Waals surface area (Å²) >= 11 is 0. The third-order valence-electron chi connectivity index (χ3n) is 5.01. The molecule has 0 bridgehead atoms. The second-order valence-electron chi connectivity index (χ2n) is 6.97. The maximum Gasteiger partial charge on any atom is 0.223 e. The molecule has 5 heteroatoms. The van der Waals surface area contributed by atoms with Gasteiger partial charge in [-0.3, -0.25) is 9.48 Å². The maximum absolute atomic E-state index is 12.9. The van der Waals surface area contributed by atoms with E-state index in [1.54, 1.807) is 7.11 Å². The zero-order chi connectivity index (χ0) is 17.8. The highest BCUT2D eigenvalue weighted by atomic mass is 16.5. The van der Waals surface area contributed by atoms with Crippen LogP contribution < -0.4 is 4.74 Å². The fourth-order valence-electron chi connectivity index (χ4n) is 3.70. The van der Waals surface area contributed by atoms with Gasteiger partial charge in [-0.2, -0.15) is 5.10 Å². The second-order valence-corrected chi connectivity index (χ2v) is 6.97. The van der Waals surface area contributed by atoms with Crippen LogP contribution in [0, 0.1) is 6.92 Å². The Morgan fingerprint density at radius 1 is 1.40 bits per heavy atom. The van der Waals surface area contributed by atoms with E-state index in [4.69, 9.17) is 4.74 Å². The van der Waals surface area contributed by atoms with Crippen LogP contribution >= 0.6 is 0 Å². The van der Waals surface area contributed by atoms with E-state index in [0.29, 0.717) is 6.42 Å². The number of methoxy groups -OCH3 is 1. The number of carbonyl (C=O) groups is 1. The fraction of sp³-hybridized carbons (Fsp3) is 0.500. The van der Waals surface area contributed by atoms with E-state index < -0.39 is 0 Å². The molecule has 1 aliphatic heterocycles. The third-order valence-corrected chi connectivity index (χ3v) is 5.01. The van der Waals surface area contributed by atoms with Gasteiger partial charge in [0.05, 0.1) is 25.9 Å². The lowest BCUT2D eigenvalue weighted by atomic mass is 9.96. The topological polar surface area (TPSA) is 47.4 Å². The molecule has 134 valence electrons. The Morgan fingerprint density at radius 3 is 2.92 bits per heavy atom. The molecule has 1 aromatic heterocycles. The minimum absolute atomic E-state index is 0.136. The summed E-state index contributed by atoms with van der Waals surface area (Å²) in [4.78, 5) is 14.9. The van der Waals surface area contributed by atoms with Gasteiger partial charge in [0.25, 0.3) is 0 Å². The first-order valence-corrected chi connectivity index (χ1v) is 9.00. The van der Waals surface area contributed by atoms with Crippen LogP contribution in [0.5, 0.6) is 5.75 Å². The average molecular weight is 341 g/mol. The van der Waals surface area contributed by atoms with Gasteiger partial charge in [0.1, 0.15) is 5.75 Å². The molecule has 2 aromatic rings. The Labute approximate surface area is 149 Å². The zero-order valence-electron chi connectivity index (χ0n) is 15.3. The Bertz CT molecular complexity index is 725. The van der Waals surface area contributed by atoms with Gasteiger partial charge in [0, 0.05) is 19.2 Å². The van der Waals surface area contributed by atoms with Crippen LogP contribution in [0.25, 0.3) is 0 Å². The number of amides is 1. The number of ether oxygens (including phenoxy) is 1. The van der Waals surface area contributed by atoms with E-state index in [9.17, 15) is 4.79 Å². The molecule has 1 aromatic carbocycles. The minimum Gasteiger partial charge on any atom is -0.496 e. The second kappa shape index (κ2) is 7.72. The maximum atomic E-state index is 12.9. The van der Waals surface area contributed by atoms with Gasteiger partial charge < -0.3 is 9.64 Å². The summed E-state index contributed by atoms with van der Waals surface area (Å²) in [5.74, 6) is 1.22. The SMILES string of the molecule is COc1ccccc1[C@@H](C)CC(=O)N1CCC[C@H]1Cn1cc(C)cn1. The van der Waals surface area contributed by atoms with E-state index in [1.165, 1.54) is 0 Å². The van der Waals surface area contributed by atoms with Crippen molar-refractivity contribution in [3.63, 3.8) is 0 Å². The molecule has 2 heterocycles. The standard InChI is InChI=1S/C20H27N3O2/c1-15-12-21-22(13-15)14-17-7-6-10-23(17)20(24)11-16(2)18-8-4-5-9-19(18)25-3/h4-5,8-9,12-13,16-17H,6-7,10-11,14H2,1-3H3/t16-,17-/m0/s1. The first-order chi connectivity index (χ1) is 12.1. The Kier molecular flexibility index (Phi) is 5.41. The number of benzene rings is 1. The lowest BCUT2D eigenvalue weighted by molar-refractivity contribution is -0.132. The number of aryl methyl sites for hydroxylation is 1. The predicted octanol–water partition coefficient (Wildman–Crippen LogP) is 3.38. The van der Waals surface area contributed by atoms with Crippen LogP contribution in [-0.2, 0) is 11.3 Å². The number of likely N-dealkylation sites (tertiary alicyclic amines) is 1. The Morgan fingerprint density at radius 2 is 2.20 bits per heavy atom. The largest absolute Gasteiger partial charge is 0.496 e. The molecule has 2 atom stereocenters. The van der Waals surface area contributed by atoms with Gasteiger partial charge in [-0.25, -0.2) is 0 Å². The molecule has 25 heavy (non-hydrogen) atoms. The number of hydrogen-bond donors (Lipinski definition) is 0. The number of hydrogen-bond acceptors (Lipinski definition) is 3. The molecule has 1 fully saturated rings. The van der Waals surface area contributed by atoms with Crippen LogP contribution in [0.15, 0.2) is 36.7 Å². The normalized spacial score (nSPS) is 18.4. The van der Waals surface area contributed by atoms with Crippen molar-refractivity contribution < 1.29 is 9.53 Å². The summed E-state index contributed by atoms with van der Waals surface area (Å²) in [6.07, 6.45) is 6.53. The lowest BCUT2D eigenvalue weighted by Gasteiger charge is -2.26. The molecule has 3 rings (SSSR count). The molecule has 1 saturated heterocycles. The number of aromatic nitrogens is 2. The van der Waals surface area contributed by atoms with Gasteiger partial charge in [0.2, 0.25) is 5.91 Å². The van der Waals surface area contributed by atoms with Gasteiger partial charge in [-0.1, -0.05) is 25.1 Å². The van der Waals surface area contributed by atoms with E-state index >= 15 is 0 Å². The average Bonchev–Trinajstić information content (AvgIpc) is 3.24. The zero-order valence-corrected chi connectivity index (χ0v) is 15.3. The molecular weight excluding hydrogens is 314 g/mol. The van der Waals surface area contributed by atoms with Gasteiger partial charge in [0.15, 0.2) is 0 Å². The molecule has 5 nitrogen and oxygen atoms in total. The van der Waals surface area contributed by atoms with Crippen LogP contribution in [0.4, 0.5) is 0 Å². The molecule has 0 radical (unpaired) electrons. The lowest BCUT2D eigenvalue weighted by Crippen LogP contribution is -2.38. The van der Waals surface area contributed by atoms with Crippen LogP contribution in [0.3, 0.4) is 0 Å². The highest BCUT2D eigenvalue weighted by Crippen LogP contribution is 2.30. The first-order valence-electron chi connectivity index (χ1n) is 9.00. The van der Waals surface area contributed by atoms with Crippen molar-refractivity contribution in [2.75, 3.05) is 13.7 Å². The van der Waals surface area contributed by atoms with Gasteiger partial charge in [-0.15, -0.1) is 0 Å². The summed E-state index contributed by atoms with van der Waals surface area (Å²) in [7, 11) is 1.68. The summed E-state index contributed by atoms with van der Waals surface area (Å²) in [6.45, 7) is 5.76. The van der Waals surface area contributed by atoms with Gasteiger partial charge >= 0.3 is 0 Å². The van der Waals surface area contributed by atoms with Crippen molar-refractivity contribution in [2.45, 2.75) is 51.6 Å². The third kappa shape index (κ3) is 4.03. The van der Waals surface area contributed by atoms with E-state index in [1.807, 2.05) is 53.2 Å². The summed E-state index contributed by atoms with van der Waals surface area (Å²) < 4.78 is 7.39. The molecular formula is C20H27N3O2. The van der Waals surface area contributed by atoms with Crippen LogP contribution in [-0.4, -0.2) is 40.3 Å².